The minimum absolute atomic E-state index is 0.000450. The first-order valence-corrected chi connectivity index (χ1v) is 33.4. The van der Waals surface area contributed by atoms with Gasteiger partial charge in [0.15, 0.2) is 59.3 Å². The van der Waals surface area contributed by atoms with Gasteiger partial charge in [-0.2, -0.15) is 0 Å². The molecule has 0 spiro atoms. The monoisotopic (exact) mass is 1390 g/mol. The van der Waals surface area contributed by atoms with Crippen LogP contribution in [0.15, 0.2) is 43.5 Å². The average molecular weight is 1390 g/mol. The lowest BCUT2D eigenvalue weighted by atomic mass is 9.97. The molecule has 11 N–H and O–H groups in total. The number of nitrogen functional groups attached to an aromatic ring is 1. The van der Waals surface area contributed by atoms with Crippen LogP contribution in [-0.4, -0.2) is 222 Å². The summed E-state index contributed by atoms with van der Waals surface area (Å²) in [5.74, 6) is -5.21. The molecule has 4 aromatic heterocycles. The molecule has 4 aliphatic heterocycles. The zero-order valence-electron chi connectivity index (χ0n) is 48.7. The number of alkyl halides is 2. The van der Waals surface area contributed by atoms with Gasteiger partial charge in [0.05, 0.1) is 44.5 Å². The summed E-state index contributed by atoms with van der Waals surface area (Å²) < 4.78 is 91.3. The molecule has 0 bridgehead atoms. The van der Waals surface area contributed by atoms with Gasteiger partial charge in [0.25, 0.3) is 0 Å². The standard InChI is InChI=1S/C51H62F2N12O24P2S2/c1-22(13-31(69)70)26(67)7-3-5-24(66)6-4-8-30(68)61-25-14-23(9-10-27(25)86-49-38(73)36(71)37(72)41(87-49)48(74)75)15-81-51(77)63(2)11-12-80-50(76)62-43-35-45(58-19-56-43)65(21-60-35)47-33(53)40-29(85-47)17-83-90(78,92)88-39-28(16-82-91(79,93)89-40)84-46(32(39)52)64-20-59-34-42(54)55-18-57-44(34)64/h9-10,14,18-22,28-29,32-33,36-41,46-47,49,71-73H,3-8,11-13,15-17H2,1-2H3,(H,61,68)(H,69,70)(H,74,75)(H,78,92)(H,79,93)(H2,54,55,57)(H,56,58,62,76)/t22?,28-,29-,32-,33-,36+,37+,38-,39-,40-,41+,46-,47-,49-,90?,91?/m1/s1. The first kappa shape index (κ1) is 70.2. The number of aromatic nitrogens is 8. The fourth-order valence-electron chi connectivity index (χ4n) is 10.0. The quantitative estimate of drug-likeness (QED) is 0.0415. The van der Waals surface area contributed by atoms with Gasteiger partial charge < -0.3 is 88.7 Å². The second-order valence-electron chi connectivity index (χ2n) is 21.5. The number of hydrogen-bond donors (Lipinski definition) is 10. The number of likely N-dealkylation sites (N-methyl/N-ethyl adjacent to an activating group) is 1. The second-order valence-corrected chi connectivity index (χ2v) is 27.1. The zero-order valence-corrected chi connectivity index (χ0v) is 52.2. The number of benzene rings is 1. The van der Waals surface area contributed by atoms with Crippen LogP contribution >= 0.6 is 13.4 Å². The Balaban J connectivity index is 0.776. The Labute approximate surface area is 533 Å². The molecule has 36 nitrogen and oxygen atoms in total. The number of Topliss-reactive ketones (excluding diaryl/α,β-unsaturated/α-hetero) is 2. The van der Waals surface area contributed by atoms with Gasteiger partial charge in [-0.15, -0.1) is 0 Å². The maximum Gasteiger partial charge on any atom is 0.412 e. The lowest BCUT2D eigenvalue weighted by Gasteiger charge is -2.38. The molecule has 42 heteroatoms. The van der Waals surface area contributed by atoms with E-state index in [4.69, 9.17) is 81.0 Å². The molecule has 4 aliphatic rings. The predicted octanol–water partition coefficient (Wildman–Crippen LogP) is 1.59. The molecule has 9 rings (SSSR count). The highest BCUT2D eigenvalue weighted by Gasteiger charge is 2.54. The van der Waals surface area contributed by atoms with Crippen LogP contribution in [-0.2, 0) is 96.0 Å². The van der Waals surface area contributed by atoms with E-state index in [-0.39, 0.29) is 114 Å². The summed E-state index contributed by atoms with van der Waals surface area (Å²) in [5.41, 5.74) is 5.99. The molecule has 3 unspecified atom stereocenters. The Hall–Kier alpha value is -7.11. The average Bonchev–Trinajstić information content (AvgIpc) is 1.64. The number of aliphatic hydroxyl groups is 3. The molecule has 93 heavy (non-hydrogen) atoms. The van der Waals surface area contributed by atoms with Crippen molar-refractivity contribution in [2.75, 3.05) is 49.8 Å². The Bertz CT molecular complexity index is 3720. The van der Waals surface area contributed by atoms with Gasteiger partial charge in [-0.1, -0.05) is 13.0 Å². The van der Waals surface area contributed by atoms with Crippen molar-refractivity contribution in [1.82, 2.24) is 43.9 Å². The smallest absolute Gasteiger partial charge is 0.412 e. The summed E-state index contributed by atoms with van der Waals surface area (Å²) in [4.78, 5) is 135. The third kappa shape index (κ3) is 17.1. The predicted molar refractivity (Wildman–Crippen MR) is 314 cm³/mol. The Morgan fingerprint density at radius 3 is 1.98 bits per heavy atom. The van der Waals surface area contributed by atoms with Gasteiger partial charge in [0.1, 0.15) is 91.4 Å². The number of anilines is 3. The molecule has 5 aromatic rings. The molecule has 0 radical (unpaired) electrons. The Morgan fingerprint density at radius 2 is 1.37 bits per heavy atom. The number of carbonyl (C=O) groups is 7. The van der Waals surface area contributed by atoms with E-state index < -0.39 is 156 Å². The third-order valence-corrected chi connectivity index (χ3v) is 18.0. The number of fused-ring (bicyclic) bond motifs is 4. The highest BCUT2D eigenvalue weighted by Crippen LogP contribution is 2.55. The molecule has 3 amide bonds. The van der Waals surface area contributed by atoms with Crippen molar-refractivity contribution in [3.05, 3.63) is 49.1 Å². The molecule has 1 aromatic carbocycles. The van der Waals surface area contributed by atoms with Crippen molar-refractivity contribution in [2.24, 2.45) is 5.92 Å². The molecule has 506 valence electrons. The van der Waals surface area contributed by atoms with Gasteiger partial charge in [-0.3, -0.25) is 42.7 Å². The number of nitrogens with zero attached hydrogens (tertiary/aromatic N) is 9. The number of aliphatic hydroxyl groups excluding tert-OH is 3. The van der Waals surface area contributed by atoms with Crippen molar-refractivity contribution >= 4 is 118 Å². The molecule has 0 saturated carbocycles. The number of ketones is 2. The van der Waals surface area contributed by atoms with E-state index in [2.05, 4.69) is 40.5 Å². The molecule has 0 aliphatic carbocycles. The normalized spacial score (nSPS) is 29.2. The number of rotatable bonds is 23. The summed E-state index contributed by atoms with van der Waals surface area (Å²) in [5, 5.41) is 54.6. The van der Waals surface area contributed by atoms with Crippen molar-refractivity contribution in [3.8, 4) is 5.75 Å². The number of aliphatic carboxylic acids is 2. The van der Waals surface area contributed by atoms with E-state index in [9.17, 15) is 63.8 Å². The highest BCUT2D eigenvalue weighted by molar-refractivity contribution is 8.07. The van der Waals surface area contributed by atoms with Crippen LogP contribution in [0.25, 0.3) is 22.3 Å². The summed E-state index contributed by atoms with van der Waals surface area (Å²) in [6, 6.07) is 3.89. The lowest BCUT2D eigenvalue weighted by molar-refractivity contribution is -0.271. The van der Waals surface area contributed by atoms with Gasteiger partial charge in [0, 0.05) is 38.6 Å². The van der Waals surface area contributed by atoms with E-state index in [0.29, 0.717) is 0 Å². The molecular formula is C51H62F2N12O24P2S2. The number of hydrogen-bond acceptors (Lipinski definition) is 29. The summed E-state index contributed by atoms with van der Waals surface area (Å²) in [6.07, 6.45) is -21.9. The molecule has 16 atom stereocenters. The number of ether oxygens (including phenoxy) is 6. The first-order valence-electron chi connectivity index (χ1n) is 28.2. The fourth-order valence-corrected chi connectivity index (χ4v) is 12.9. The number of imidazole rings is 2. The van der Waals surface area contributed by atoms with Gasteiger partial charge in [-0.25, -0.2) is 53.1 Å². The summed E-state index contributed by atoms with van der Waals surface area (Å²) >= 11 is 10.5. The van der Waals surface area contributed by atoms with Crippen molar-refractivity contribution in [1.29, 1.82) is 0 Å². The molecular weight excluding hydrogens is 1330 g/mol. The Morgan fingerprint density at radius 1 is 0.774 bits per heavy atom. The van der Waals surface area contributed by atoms with E-state index in [1.165, 1.54) is 43.1 Å². The van der Waals surface area contributed by atoms with Crippen LogP contribution in [0.4, 0.5) is 35.7 Å². The fraction of sp³-hybridized carbons (Fsp3) is 0.549. The maximum atomic E-state index is 16.7. The largest absolute Gasteiger partial charge is 0.481 e. The highest BCUT2D eigenvalue weighted by atomic mass is 32.5. The number of halogens is 2. The molecule has 8 heterocycles. The number of nitrogens with one attached hydrogen (secondary N) is 2. The first-order chi connectivity index (χ1) is 44.1. The number of nitrogens with two attached hydrogens (primary N) is 1. The minimum Gasteiger partial charge on any atom is -0.481 e. The molecule has 4 fully saturated rings. The van der Waals surface area contributed by atoms with E-state index in [1.54, 1.807) is 0 Å². The maximum absolute atomic E-state index is 16.7. The number of carboxylic acids is 2. The SMILES string of the molecule is CC(CC(=O)O)C(=O)CCCC(=O)CCCC(=O)Nc1cc(COC(=O)N(C)CCOC(=O)Nc2ncnc3c2ncn3[C@@H]2O[C@@H]3COP(O)(=S)O[C@H]4[C@@H](F)[C@H](n5cnc6c(N)ncnc65)O[C@@H]4COP(O)(=S)O[C@H]3[C@H]2F)ccc1O[C@@H]1O[C@H](C(=O)O)[C@@H](O)[C@H](O)[C@H]1O. The van der Waals surface area contributed by atoms with E-state index in [1.807, 2.05) is 0 Å². The van der Waals surface area contributed by atoms with E-state index in [0.717, 1.165) is 28.4 Å². The van der Waals surface area contributed by atoms with Crippen molar-refractivity contribution < 1.29 is 124 Å². The van der Waals surface area contributed by atoms with Crippen LogP contribution in [0.5, 0.6) is 5.75 Å². The number of carboxylic acid groups (broad SMARTS) is 2. The topological polar surface area (TPSA) is 494 Å². The van der Waals surface area contributed by atoms with Gasteiger partial charge in [-0.05, 0) is 54.2 Å². The van der Waals surface area contributed by atoms with Crippen LogP contribution in [0.2, 0.25) is 0 Å². The van der Waals surface area contributed by atoms with Gasteiger partial charge >= 0.3 is 37.6 Å². The summed E-state index contributed by atoms with van der Waals surface area (Å²) in [6.45, 7) is -10.0. The second kappa shape index (κ2) is 30.1. The van der Waals surface area contributed by atoms with Gasteiger partial charge in [0.2, 0.25) is 12.2 Å². The van der Waals surface area contributed by atoms with Crippen molar-refractivity contribution in [2.45, 2.75) is 138 Å². The van der Waals surface area contributed by atoms with E-state index >= 15 is 8.78 Å². The zero-order chi connectivity index (χ0) is 67.2. The van der Waals surface area contributed by atoms with Crippen LogP contribution < -0.4 is 21.1 Å². The third-order valence-electron chi connectivity index (χ3n) is 14.8. The minimum atomic E-state index is -4.46. The summed E-state index contributed by atoms with van der Waals surface area (Å²) in [7, 11) is 1.31. The molecule has 4 saturated heterocycles. The Kier molecular flexibility index (Phi) is 22.7. The van der Waals surface area contributed by atoms with Crippen LogP contribution in [0, 0.1) is 5.92 Å². The number of amides is 3. The lowest BCUT2D eigenvalue weighted by Crippen LogP contribution is -2.61. The van der Waals surface area contributed by atoms with Crippen LogP contribution in [0.1, 0.15) is 69.9 Å². The van der Waals surface area contributed by atoms with Crippen LogP contribution in [0.3, 0.4) is 0 Å². The van der Waals surface area contributed by atoms with Crippen molar-refractivity contribution in [3.63, 3.8) is 0 Å². The number of carbonyl (C=O) groups excluding carboxylic acids is 5.